The van der Waals surface area contributed by atoms with E-state index < -0.39 is 5.60 Å². The van der Waals surface area contributed by atoms with Gasteiger partial charge in [-0.25, -0.2) is 4.98 Å². The Morgan fingerprint density at radius 3 is 2.58 bits per heavy atom. The third-order valence-corrected chi connectivity index (χ3v) is 4.11. The summed E-state index contributed by atoms with van der Waals surface area (Å²) >= 11 is 0. The molecule has 0 aliphatic carbocycles. The van der Waals surface area contributed by atoms with Crippen molar-refractivity contribution in [1.29, 1.82) is 0 Å². The van der Waals surface area contributed by atoms with Crippen LogP contribution in [0.25, 0.3) is 11.5 Å². The predicted molar refractivity (Wildman–Crippen MR) is 94.7 cm³/mol. The number of carbonyl (C=O) groups is 1. The molecule has 1 aromatic carbocycles. The minimum absolute atomic E-state index is 0.108. The van der Waals surface area contributed by atoms with Crippen LogP contribution in [0.5, 0.6) is 0 Å². The number of amides is 1. The maximum absolute atomic E-state index is 12.4. The summed E-state index contributed by atoms with van der Waals surface area (Å²) in [4.78, 5) is 16.5. The molecule has 24 heavy (non-hydrogen) atoms. The molecular weight excluding hydrogens is 304 g/mol. The molecule has 0 radical (unpaired) electrons. The summed E-state index contributed by atoms with van der Waals surface area (Å²) in [6.45, 7) is 5.96. The van der Waals surface area contributed by atoms with Crippen LogP contribution in [0.2, 0.25) is 0 Å². The van der Waals surface area contributed by atoms with Gasteiger partial charge in [-0.05, 0) is 37.5 Å². The standard InChI is InChI=1S/C19H26N2O3/c1-4-8-19(23,9-5-2)13-17(22)21-16-12-15(7-6-14(16)3)18-20-10-11-24-18/h6-7,10-12,23H,4-5,8-9,13H2,1-3H3,(H,21,22). The van der Waals surface area contributed by atoms with Gasteiger partial charge in [0.1, 0.15) is 6.26 Å². The highest BCUT2D eigenvalue weighted by atomic mass is 16.3. The van der Waals surface area contributed by atoms with Gasteiger partial charge in [0, 0.05) is 11.3 Å². The number of oxazole rings is 1. The highest BCUT2D eigenvalue weighted by Gasteiger charge is 2.28. The first kappa shape index (κ1) is 18.2. The van der Waals surface area contributed by atoms with Crippen LogP contribution in [0.1, 0.15) is 51.5 Å². The van der Waals surface area contributed by atoms with Gasteiger partial charge in [-0.3, -0.25) is 4.79 Å². The molecule has 1 amide bonds. The van der Waals surface area contributed by atoms with E-state index in [0.717, 1.165) is 24.0 Å². The maximum atomic E-state index is 12.4. The van der Waals surface area contributed by atoms with Crippen LogP contribution in [0.15, 0.2) is 35.1 Å². The fraction of sp³-hybridized carbons (Fsp3) is 0.474. The van der Waals surface area contributed by atoms with Crippen molar-refractivity contribution in [3.05, 3.63) is 36.2 Å². The van der Waals surface area contributed by atoms with Gasteiger partial charge < -0.3 is 14.8 Å². The predicted octanol–water partition coefficient (Wildman–Crippen LogP) is 4.31. The number of hydrogen-bond acceptors (Lipinski definition) is 4. The quantitative estimate of drug-likeness (QED) is 0.756. The SMILES string of the molecule is CCCC(O)(CCC)CC(=O)Nc1cc(-c2ncco2)ccc1C. The molecule has 0 unspecified atom stereocenters. The summed E-state index contributed by atoms with van der Waals surface area (Å²) in [6.07, 6.45) is 6.17. The summed E-state index contributed by atoms with van der Waals surface area (Å²) in [6, 6.07) is 5.67. The molecule has 0 saturated heterocycles. The molecule has 1 aromatic heterocycles. The van der Waals surface area contributed by atoms with E-state index in [1.54, 1.807) is 6.20 Å². The first-order valence-electron chi connectivity index (χ1n) is 8.50. The molecule has 1 heterocycles. The van der Waals surface area contributed by atoms with Crippen molar-refractivity contribution >= 4 is 11.6 Å². The molecule has 0 fully saturated rings. The largest absolute Gasteiger partial charge is 0.445 e. The second kappa shape index (κ2) is 8.11. The van der Waals surface area contributed by atoms with Crippen LogP contribution in [0.3, 0.4) is 0 Å². The van der Waals surface area contributed by atoms with Crippen LogP contribution in [-0.2, 0) is 4.79 Å². The fourth-order valence-electron chi connectivity index (χ4n) is 2.98. The van der Waals surface area contributed by atoms with Crippen molar-refractivity contribution in [1.82, 2.24) is 4.98 Å². The highest BCUT2D eigenvalue weighted by Crippen LogP contribution is 2.27. The number of nitrogens with one attached hydrogen (secondary N) is 1. The molecule has 2 rings (SSSR count). The molecule has 0 spiro atoms. The average molecular weight is 330 g/mol. The number of carbonyl (C=O) groups excluding carboxylic acids is 1. The number of aliphatic hydroxyl groups is 1. The van der Waals surface area contributed by atoms with Gasteiger partial charge in [0.05, 0.1) is 18.2 Å². The lowest BCUT2D eigenvalue weighted by Gasteiger charge is -2.27. The Morgan fingerprint density at radius 2 is 2.00 bits per heavy atom. The number of aromatic nitrogens is 1. The van der Waals surface area contributed by atoms with Gasteiger partial charge in [0.2, 0.25) is 11.8 Å². The van der Waals surface area contributed by atoms with E-state index in [1.807, 2.05) is 39.0 Å². The number of anilines is 1. The zero-order valence-electron chi connectivity index (χ0n) is 14.6. The summed E-state index contributed by atoms with van der Waals surface area (Å²) < 4.78 is 5.30. The van der Waals surface area contributed by atoms with Crippen LogP contribution in [-0.4, -0.2) is 21.6 Å². The summed E-state index contributed by atoms with van der Waals surface area (Å²) in [7, 11) is 0. The fourth-order valence-corrected chi connectivity index (χ4v) is 2.98. The molecule has 0 saturated carbocycles. The van der Waals surface area contributed by atoms with Gasteiger partial charge in [0.25, 0.3) is 0 Å². The Morgan fingerprint density at radius 1 is 1.29 bits per heavy atom. The van der Waals surface area contributed by atoms with Crippen molar-refractivity contribution < 1.29 is 14.3 Å². The van der Waals surface area contributed by atoms with E-state index in [2.05, 4.69) is 10.3 Å². The Labute approximate surface area is 143 Å². The number of hydrogen-bond donors (Lipinski definition) is 2. The maximum Gasteiger partial charge on any atom is 0.227 e. The van der Waals surface area contributed by atoms with Crippen LogP contribution < -0.4 is 5.32 Å². The minimum Gasteiger partial charge on any atom is -0.445 e. The second-order valence-electron chi connectivity index (χ2n) is 6.32. The lowest BCUT2D eigenvalue weighted by Crippen LogP contribution is -2.33. The lowest BCUT2D eigenvalue weighted by molar-refractivity contribution is -0.121. The molecule has 0 bridgehead atoms. The van der Waals surface area contributed by atoms with Gasteiger partial charge in [0.15, 0.2) is 0 Å². The monoisotopic (exact) mass is 330 g/mol. The molecule has 0 aliphatic heterocycles. The van der Waals surface area contributed by atoms with Crippen molar-refractivity contribution in [3.8, 4) is 11.5 Å². The van der Waals surface area contributed by atoms with Gasteiger partial charge >= 0.3 is 0 Å². The lowest BCUT2D eigenvalue weighted by atomic mass is 9.89. The number of aryl methyl sites for hydroxylation is 1. The Bertz CT molecular complexity index is 659. The van der Waals surface area contributed by atoms with Crippen molar-refractivity contribution in [2.45, 2.75) is 58.5 Å². The van der Waals surface area contributed by atoms with E-state index in [-0.39, 0.29) is 12.3 Å². The van der Waals surface area contributed by atoms with Crippen LogP contribution in [0, 0.1) is 6.92 Å². The molecule has 2 aromatic rings. The number of benzene rings is 1. The molecule has 0 atom stereocenters. The first-order valence-corrected chi connectivity index (χ1v) is 8.50. The van der Waals surface area contributed by atoms with Crippen LogP contribution in [0.4, 0.5) is 5.69 Å². The summed E-state index contributed by atoms with van der Waals surface area (Å²) in [5, 5.41) is 13.6. The first-order chi connectivity index (χ1) is 11.5. The highest BCUT2D eigenvalue weighted by molar-refractivity contribution is 5.92. The van der Waals surface area contributed by atoms with E-state index >= 15 is 0 Å². The van der Waals surface area contributed by atoms with Crippen molar-refractivity contribution in [2.24, 2.45) is 0 Å². The average Bonchev–Trinajstić information content (AvgIpc) is 3.04. The molecule has 130 valence electrons. The zero-order valence-corrected chi connectivity index (χ0v) is 14.6. The van der Waals surface area contributed by atoms with E-state index in [0.29, 0.717) is 24.4 Å². The van der Waals surface area contributed by atoms with E-state index in [9.17, 15) is 9.90 Å². The van der Waals surface area contributed by atoms with Gasteiger partial charge in [-0.1, -0.05) is 32.8 Å². The molecule has 0 aliphatic rings. The van der Waals surface area contributed by atoms with Crippen molar-refractivity contribution in [3.63, 3.8) is 0 Å². The minimum atomic E-state index is -0.929. The third-order valence-electron chi connectivity index (χ3n) is 4.11. The number of rotatable bonds is 8. The van der Waals surface area contributed by atoms with Gasteiger partial charge in [-0.15, -0.1) is 0 Å². The third kappa shape index (κ3) is 4.68. The molecular formula is C19H26N2O3. The Balaban J connectivity index is 2.12. The normalized spacial score (nSPS) is 11.5. The van der Waals surface area contributed by atoms with E-state index in [4.69, 9.17) is 4.42 Å². The Kier molecular flexibility index (Phi) is 6.15. The topological polar surface area (TPSA) is 75.4 Å². The van der Waals surface area contributed by atoms with Crippen molar-refractivity contribution in [2.75, 3.05) is 5.32 Å². The summed E-state index contributed by atoms with van der Waals surface area (Å²) in [5.74, 6) is 0.339. The second-order valence-corrected chi connectivity index (χ2v) is 6.32. The number of nitrogens with zero attached hydrogens (tertiary/aromatic N) is 1. The van der Waals surface area contributed by atoms with Gasteiger partial charge in [-0.2, -0.15) is 0 Å². The van der Waals surface area contributed by atoms with E-state index in [1.165, 1.54) is 6.26 Å². The van der Waals surface area contributed by atoms with Crippen LogP contribution >= 0.6 is 0 Å². The summed E-state index contributed by atoms with van der Waals surface area (Å²) in [5.41, 5.74) is 1.54. The zero-order chi connectivity index (χ0) is 17.6. The smallest absolute Gasteiger partial charge is 0.227 e. The molecule has 5 heteroatoms. The Hall–Kier alpha value is -2.14. The molecule has 2 N–H and O–H groups in total. The molecule has 5 nitrogen and oxygen atoms in total.